The first-order valence-electron chi connectivity index (χ1n) is 5.16. The van der Waals surface area contributed by atoms with Crippen LogP contribution in [-0.4, -0.2) is 15.3 Å². The predicted octanol–water partition coefficient (Wildman–Crippen LogP) is 0.776. The lowest BCUT2D eigenvalue weighted by Crippen LogP contribution is -2.36. The van der Waals surface area contributed by atoms with Crippen molar-refractivity contribution in [3.05, 3.63) is 42.8 Å². The maximum Gasteiger partial charge on any atom is 0.329 e. The van der Waals surface area contributed by atoms with Gasteiger partial charge in [0.15, 0.2) is 5.78 Å². The highest BCUT2D eigenvalue weighted by atomic mass is 127. The molecule has 0 unspecified atom stereocenters. The van der Waals surface area contributed by atoms with Crippen LogP contribution in [-0.2, 0) is 10.3 Å². The Balaban J connectivity index is 2.48. The molecule has 0 aromatic carbocycles. The highest BCUT2D eigenvalue weighted by molar-refractivity contribution is 14.1. The Morgan fingerprint density at radius 2 is 2.18 bits per heavy atom. The van der Waals surface area contributed by atoms with Gasteiger partial charge < -0.3 is 0 Å². The Morgan fingerprint density at radius 1 is 1.53 bits per heavy atom. The first kappa shape index (κ1) is 12.3. The van der Waals surface area contributed by atoms with E-state index in [-0.39, 0.29) is 11.3 Å². The number of aromatic nitrogens is 2. The van der Waals surface area contributed by atoms with E-state index >= 15 is 0 Å². The van der Waals surface area contributed by atoms with Gasteiger partial charge in [-0.15, -0.1) is 0 Å². The van der Waals surface area contributed by atoms with Crippen molar-refractivity contribution in [3.63, 3.8) is 0 Å². The van der Waals surface area contributed by atoms with Gasteiger partial charge in [-0.1, -0.05) is 6.08 Å². The summed E-state index contributed by atoms with van der Waals surface area (Å²) in [6, 6.07) is 0. The van der Waals surface area contributed by atoms with Crippen LogP contribution >= 0.6 is 22.6 Å². The van der Waals surface area contributed by atoms with E-state index < -0.39 is 11.2 Å². The van der Waals surface area contributed by atoms with Gasteiger partial charge in [0.1, 0.15) is 0 Å². The van der Waals surface area contributed by atoms with Crippen molar-refractivity contribution < 1.29 is 4.79 Å². The summed E-state index contributed by atoms with van der Waals surface area (Å²) in [4.78, 5) is 36.2. The van der Waals surface area contributed by atoms with Crippen molar-refractivity contribution in [2.75, 3.05) is 0 Å². The SMILES string of the molecule is CC(=O)/C=C/C1(n2cc(I)c(=O)[nH]c2=O)CC1. The highest BCUT2D eigenvalue weighted by Crippen LogP contribution is 2.43. The number of H-pyrrole nitrogens is 1. The van der Waals surface area contributed by atoms with Gasteiger partial charge in [-0.05, 0) is 48.4 Å². The maximum absolute atomic E-state index is 11.7. The zero-order chi connectivity index (χ0) is 12.6. The second-order valence-corrected chi connectivity index (χ2v) is 5.32. The molecule has 0 atom stereocenters. The Morgan fingerprint density at radius 3 is 2.71 bits per heavy atom. The molecule has 1 aromatic heterocycles. The molecule has 2 rings (SSSR count). The van der Waals surface area contributed by atoms with E-state index in [1.165, 1.54) is 17.6 Å². The Labute approximate surface area is 111 Å². The van der Waals surface area contributed by atoms with Gasteiger partial charge in [-0.3, -0.25) is 19.1 Å². The van der Waals surface area contributed by atoms with E-state index in [0.717, 1.165) is 12.8 Å². The highest BCUT2D eigenvalue weighted by Gasteiger charge is 2.43. The van der Waals surface area contributed by atoms with Crippen LogP contribution in [0.4, 0.5) is 0 Å². The summed E-state index contributed by atoms with van der Waals surface area (Å²) in [7, 11) is 0. The van der Waals surface area contributed by atoms with E-state index in [0.29, 0.717) is 3.57 Å². The zero-order valence-electron chi connectivity index (χ0n) is 9.20. The summed E-state index contributed by atoms with van der Waals surface area (Å²) in [6.45, 7) is 1.46. The predicted molar refractivity (Wildman–Crippen MR) is 71.1 cm³/mol. The quantitative estimate of drug-likeness (QED) is 0.649. The minimum atomic E-state index is -0.430. The average Bonchev–Trinajstić information content (AvgIpc) is 3.02. The normalized spacial score (nSPS) is 17.3. The largest absolute Gasteiger partial charge is 0.329 e. The molecule has 1 fully saturated rings. The Kier molecular flexibility index (Phi) is 3.07. The van der Waals surface area contributed by atoms with Crippen LogP contribution in [0, 0.1) is 3.57 Å². The summed E-state index contributed by atoms with van der Waals surface area (Å²) in [5.41, 5.74) is -1.23. The molecule has 0 spiro atoms. The molecule has 6 heteroatoms. The van der Waals surface area contributed by atoms with Crippen molar-refractivity contribution in [3.8, 4) is 0 Å². The first-order valence-corrected chi connectivity index (χ1v) is 6.24. The third kappa shape index (κ3) is 2.41. The Bertz CT molecular complexity index is 608. The number of aromatic amines is 1. The van der Waals surface area contributed by atoms with Gasteiger partial charge in [0.05, 0.1) is 9.11 Å². The topological polar surface area (TPSA) is 71.9 Å². The average molecular weight is 346 g/mol. The van der Waals surface area contributed by atoms with Crippen LogP contribution in [0.2, 0.25) is 0 Å². The van der Waals surface area contributed by atoms with E-state index in [1.807, 2.05) is 22.6 Å². The molecule has 1 aliphatic rings. The van der Waals surface area contributed by atoms with Crippen molar-refractivity contribution in [1.29, 1.82) is 0 Å². The third-order valence-corrected chi connectivity index (χ3v) is 3.54. The summed E-state index contributed by atoms with van der Waals surface area (Å²) in [6.07, 6.45) is 6.36. The van der Waals surface area contributed by atoms with Crippen LogP contribution in [0.5, 0.6) is 0 Å². The van der Waals surface area contributed by atoms with Gasteiger partial charge in [-0.25, -0.2) is 4.79 Å². The molecule has 0 radical (unpaired) electrons. The summed E-state index contributed by atoms with van der Waals surface area (Å²) in [5.74, 6) is -0.0524. The fourth-order valence-electron chi connectivity index (χ4n) is 1.67. The van der Waals surface area contributed by atoms with Gasteiger partial charge in [0.25, 0.3) is 5.56 Å². The monoisotopic (exact) mass is 346 g/mol. The van der Waals surface area contributed by atoms with Crippen LogP contribution in [0.1, 0.15) is 19.8 Å². The molecule has 17 heavy (non-hydrogen) atoms. The molecule has 0 bridgehead atoms. The third-order valence-electron chi connectivity index (χ3n) is 2.77. The molecule has 1 aromatic rings. The molecule has 5 nitrogen and oxygen atoms in total. The standard InChI is InChI=1S/C11H11IN2O3/c1-7(15)2-3-11(4-5-11)14-6-8(12)9(16)13-10(14)17/h2-3,6H,4-5H2,1H3,(H,13,16,17)/b3-2+. The molecule has 1 heterocycles. The molecular weight excluding hydrogens is 335 g/mol. The molecule has 0 saturated heterocycles. The van der Waals surface area contributed by atoms with E-state index in [1.54, 1.807) is 12.3 Å². The summed E-state index contributed by atoms with van der Waals surface area (Å²) in [5, 5.41) is 0. The second kappa shape index (κ2) is 4.25. The summed E-state index contributed by atoms with van der Waals surface area (Å²) >= 11 is 1.88. The molecular formula is C11H11IN2O3. The number of rotatable bonds is 3. The van der Waals surface area contributed by atoms with E-state index in [9.17, 15) is 14.4 Å². The minimum Gasteiger partial charge on any atom is -0.295 e. The van der Waals surface area contributed by atoms with Gasteiger partial charge >= 0.3 is 5.69 Å². The Hall–Kier alpha value is -1.18. The fraction of sp³-hybridized carbons (Fsp3) is 0.364. The van der Waals surface area contributed by atoms with Crippen LogP contribution in [0.25, 0.3) is 0 Å². The lowest BCUT2D eigenvalue weighted by molar-refractivity contribution is -0.112. The number of allylic oxidation sites excluding steroid dienone is 2. The number of carbonyl (C=O) groups is 1. The zero-order valence-corrected chi connectivity index (χ0v) is 11.4. The lowest BCUT2D eigenvalue weighted by atomic mass is 10.2. The van der Waals surface area contributed by atoms with Crippen molar-refractivity contribution in [2.45, 2.75) is 25.3 Å². The molecule has 1 saturated carbocycles. The van der Waals surface area contributed by atoms with Crippen LogP contribution in [0.15, 0.2) is 27.9 Å². The fourth-order valence-corrected chi connectivity index (χ4v) is 2.08. The number of hydrogen-bond acceptors (Lipinski definition) is 3. The van der Waals surface area contributed by atoms with Crippen LogP contribution in [0.3, 0.4) is 0 Å². The number of ketones is 1. The van der Waals surface area contributed by atoms with Crippen LogP contribution < -0.4 is 11.2 Å². The molecule has 0 amide bonds. The van der Waals surface area contributed by atoms with Gasteiger partial charge in [0.2, 0.25) is 0 Å². The van der Waals surface area contributed by atoms with E-state index in [2.05, 4.69) is 4.98 Å². The number of nitrogens with one attached hydrogen (secondary N) is 1. The minimum absolute atomic E-state index is 0.0524. The lowest BCUT2D eigenvalue weighted by Gasteiger charge is -2.13. The van der Waals surface area contributed by atoms with E-state index in [4.69, 9.17) is 0 Å². The molecule has 0 aliphatic heterocycles. The maximum atomic E-state index is 11.7. The van der Waals surface area contributed by atoms with Crippen molar-refractivity contribution in [2.24, 2.45) is 0 Å². The van der Waals surface area contributed by atoms with Gasteiger partial charge in [0, 0.05) is 6.20 Å². The molecule has 1 aliphatic carbocycles. The number of nitrogens with zero attached hydrogens (tertiary/aromatic N) is 1. The summed E-state index contributed by atoms with van der Waals surface area (Å²) < 4.78 is 1.96. The number of carbonyl (C=O) groups excluding carboxylic acids is 1. The molecule has 90 valence electrons. The smallest absolute Gasteiger partial charge is 0.295 e. The second-order valence-electron chi connectivity index (χ2n) is 4.15. The van der Waals surface area contributed by atoms with Gasteiger partial charge in [-0.2, -0.15) is 0 Å². The van der Waals surface area contributed by atoms with Crippen molar-refractivity contribution in [1.82, 2.24) is 9.55 Å². The number of halogens is 1. The first-order chi connectivity index (χ1) is 7.94. The van der Waals surface area contributed by atoms with Crippen molar-refractivity contribution >= 4 is 28.4 Å². The number of hydrogen-bond donors (Lipinski definition) is 1. The molecule has 1 N–H and O–H groups in total.